The number of nitrogens with one attached hydrogen (secondary N) is 1. The zero-order valence-corrected chi connectivity index (χ0v) is 17.9. The maximum absolute atomic E-state index is 13.5. The first-order valence-corrected chi connectivity index (χ1v) is 12.0. The lowest BCUT2D eigenvalue weighted by Crippen LogP contribution is -2.33. The maximum atomic E-state index is 13.5. The van der Waals surface area contributed by atoms with Crippen LogP contribution in [0.3, 0.4) is 0 Å². The van der Waals surface area contributed by atoms with Gasteiger partial charge in [0.05, 0.1) is 31.6 Å². The van der Waals surface area contributed by atoms with Gasteiger partial charge in [0, 0.05) is 12.7 Å². The van der Waals surface area contributed by atoms with Gasteiger partial charge in [0.15, 0.2) is 0 Å². The second-order valence-electron chi connectivity index (χ2n) is 5.56. The third-order valence-corrected chi connectivity index (χ3v) is 8.91. The van der Waals surface area contributed by atoms with Gasteiger partial charge < -0.3 is 18.1 Å². The molecule has 0 bridgehead atoms. The van der Waals surface area contributed by atoms with Crippen LogP contribution in [-0.4, -0.2) is 36.4 Å². The van der Waals surface area contributed by atoms with E-state index in [-0.39, 0.29) is 26.4 Å². The van der Waals surface area contributed by atoms with Crippen LogP contribution < -0.4 is 5.32 Å². The highest BCUT2D eigenvalue weighted by Gasteiger charge is 2.51. The van der Waals surface area contributed by atoms with Crippen molar-refractivity contribution in [1.82, 2.24) is 10.3 Å². The average molecular weight is 408 g/mol. The van der Waals surface area contributed by atoms with Crippen LogP contribution in [0.15, 0.2) is 24.4 Å². The molecule has 0 radical (unpaired) electrons. The van der Waals surface area contributed by atoms with Crippen LogP contribution in [0, 0.1) is 0 Å². The first-order valence-electron chi connectivity index (χ1n) is 8.76. The third kappa shape index (κ3) is 6.86. The Kier molecular flexibility index (Phi) is 10.2. The molecule has 0 fully saturated rings. The minimum atomic E-state index is -3.86. The summed E-state index contributed by atoms with van der Waals surface area (Å²) in [5, 5.41) is 2.99. The van der Waals surface area contributed by atoms with Crippen LogP contribution in [0.1, 0.15) is 40.3 Å². The monoisotopic (exact) mass is 408 g/mol. The topological polar surface area (TPSA) is 96.0 Å². The van der Waals surface area contributed by atoms with Gasteiger partial charge in [0.1, 0.15) is 0 Å². The molecule has 0 aliphatic heterocycles. The van der Waals surface area contributed by atoms with Crippen LogP contribution in [0.5, 0.6) is 0 Å². The number of rotatable bonds is 13. The largest absolute Gasteiger partial charge is 0.360 e. The Morgan fingerprint density at radius 3 is 2.04 bits per heavy atom. The average Bonchev–Trinajstić information content (AvgIpc) is 2.55. The molecule has 0 saturated carbocycles. The Labute approximate surface area is 156 Å². The van der Waals surface area contributed by atoms with E-state index in [9.17, 15) is 9.13 Å². The van der Waals surface area contributed by atoms with Crippen molar-refractivity contribution in [2.24, 2.45) is 0 Å². The fourth-order valence-corrected chi connectivity index (χ4v) is 7.39. The fraction of sp³-hybridized carbons (Fsp3) is 0.688. The fourth-order valence-electron chi connectivity index (χ4n) is 2.27. The van der Waals surface area contributed by atoms with Gasteiger partial charge in [-0.05, 0) is 46.8 Å². The number of aromatic nitrogens is 1. The number of pyridine rings is 1. The summed E-state index contributed by atoms with van der Waals surface area (Å²) in [4.78, 5) is 4.21. The molecule has 0 aliphatic rings. The normalized spacial score (nSPS) is 15.8. The van der Waals surface area contributed by atoms with Gasteiger partial charge >= 0.3 is 15.2 Å². The summed E-state index contributed by atoms with van der Waals surface area (Å²) in [6, 6.07) is 5.42. The SMILES string of the molecule is CCOP(=O)(OCC)C(NCc1ccccn1)P(=O)(OCC)OC(C)C. The van der Waals surface area contributed by atoms with Gasteiger partial charge in [-0.25, -0.2) is 0 Å². The summed E-state index contributed by atoms with van der Waals surface area (Å²) in [7, 11) is -7.68. The van der Waals surface area contributed by atoms with Crippen molar-refractivity contribution in [3.63, 3.8) is 0 Å². The van der Waals surface area contributed by atoms with Gasteiger partial charge in [0.2, 0.25) is 5.52 Å². The molecule has 1 heterocycles. The summed E-state index contributed by atoms with van der Waals surface area (Å²) in [5.41, 5.74) is -0.580. The molecule has 0 spiro atoms. The molecule has 1 aromatic heterocycles. The Morgan fingerprint density at radius 2 is 1.58 bits per heavy atom. The number of nitrogens with zero attached hydrogens (tertiary/aromatic N) is 1. The summed E-state index contributed by atoms with van der Waals surface area (Å²) < 4.78 is 48.7. The van der Waals surface area contributed by atoms with E-state index in [4.69, 9.17) is 18.1 Å². The zero-order valence-electron chi connectivity index (χ0n) is 16.1. The molecule has 0 aliphatic carbocycles. The van der Waals surface area contributed by atoms with Gasteiger partial charge in [-0.15, -0.1) is 0 Å². The van der Waals surface area contributed by atoms with Crippen LogP contribution in [0.4, 0.5) is 0 Å². The molecule has 1 rings (SSSR count). The quantitative estimate of drug-likeness (QED) is 0.481. The van der Waals surface area contributed by atoms with Crippen molar-refractivity contribution in [2.75, 3.05) is 19.8 Å². The second kappa shape index (κ2) is 11.3. The van der Waals surface area contributed by atoms with E-state index in [0.29, 0.717) is 5.69 Å². The molecule has 2 unspecified atom stereocenters. The standard InChI is InChI=1S/C16H30N2O6P2/c1-6-21-25(19,22-7-2)16(18-13-15-11-9-10-12-17-15)26(20,23-8-3)24-14(4)5/h9-12,14,16,18H,6-8,13H2,1-5H3. The van der Waals surface area contributed by atoms with Gasteiger partial charge in [-0.2, -0.15) is 0 Å². The lowest BCUT2D eigenvalue weighted by atomic mass is 10.3. The van der Waals surface area contributed by atoms with Crippen LogP contribution in [0.2, 0.25) is 0 Å². The molecule has 150 valence electrons. The van der Waals surface area contributed by atoms with E-state index < -0.39 is 26.8 Å². The van der Waals surface area contributed by atoms with E-state index >= 15 is 0 Å². The minimum Gasteiger partial charge on any atom is -0.307 e. The molecular formula is C16H30N2O6P2. The molecule has 0 saturated heterocycles. The number of hydrogen-bond acceptors (Lipinski definition) is 8. The Hall–Kier alpha value is -0.590. The number of hydrogen-bond donors (Lipinski definition) is 1. The molecule has 8 nitrogen and oxygen atoms in total. The highest BCUT2D eigenvalue weighted by molar-refractivity contribution is 7.72. The van der Waals surface area contributed by atoms with Crippen molar-refractivity contribution in [3.05, 3.63) is 30.1 Å². The van der Waals surface area contributed by atoms with E-state index in [2.05, 4.69) is 10.3 Å². The van der Waals surface area contributed by atoms with Crippen molar-refractivity contribution in [2.45, 2.75) is 52.8 Å². The predicted molar refractivity (Wildman–Crippen MR) is 101 cm³/mol. The van der Waals surface area contributed by atoms with Gasteiger partial charge in [0.25, 0.3) is 0 Å². The molecule has 1 aromatic rings. The smallest absolute Gasteiger partial charge is 0.307 e. The minimum absolute atomic E-state index is 0.129. The Morgan fingerprint density at radius 1 is 1.00 bits per heavy atom. The van der Waals surface area contributed by atoms with E-state index in [1.165, 1.54) is 0 Å². The Bertz CT molecular complexity index is 604. The summed E-state index contributed by atoms with van der Waals surface area (Å²) in [6.45, 7) is 9.13. The summed E-state index contributed by atoms with van der Waals surface area (Å²) in [6.07, 6.45) is 1.24. The first-order chi connectivity index (χ1) is 12.3. The molecular weight excluding hydrogens is 378 g/mol. The van der Waals surface area contributed by atoms with Crippen LogP contribution >= 0.6 is 15.2 Å². The molecule has 10 heteroatoms. The van der Waals surface area contributed by atoms with Crippen molar-refractivity contribution < 1.29 is 27.2 Å². The molecule has 2 atom stereocenters. The van der Waals surface area contributed by atoms with Gasteiger partial charge in [-0.1, -0.05) is 6.07 Å². The summed E-state index contributed by atoms with van der Waals surface area (Å²) >= 11 is 0. The highest BCUT2D eigenvalue weighted by atomic mass is 31.2. The molecule has 26 heavy (non-hydrogen) atoms. The maximum Gasteiger partial charge on any atom is 0.360 e. The van der Waals surface area contributed by atoms with Gasteiger partial charge in [-0.3, -0.25) is 19.4 Å². The summed E-state index contributed by atoms with van der Waals surface area (Å²) in [5.74, 6) is 0. The van der Waals surface area contributed by atoms with Crippen LogP contribution in [-0.2, 0) is 33.8 Å². The van der Waals surface area contributed by atoms with E-state index in [0.717, 1.165) is 0 Å². The first kappa shape index (κ1) is 23.4. The Balaban J connectivity index is 3.24. The zero-order chi connectivity index (χ0) is 19.6. The van der Waals surface area contributed by atoms with E-state index in [1.807, 2.05) is 6.07 Å². The lowest BCUT2D eigenvalue weighted by molar-refractivity contribution is 0.160. The van der Waals surface area contributed by atoms with E-state index in [1.54, 1.807) is 52.9 Å². The van der Waals surface area contributed by atoms with Crippen LogP contribution in [0.25, 0.3) is 0 Å². The third-order valence-electron chi connectivity index (χ3n) is 3.08. The molecule has 1 N–H and O–H groups in total. The molecule has 0 amide bonds. The van der Waals surface area contributed by atoms with Crippen molar-refractivity contribution in [1.29, 1.82) is 0 Å². The molecule has 0 aromatic carbocycles. The lowest BCUT2D eigenvalue weighted by Gasteiger charge is -2.32. The predicted octanol–water partition coefficient (Wildman–Crippen LogP) is 4.38. The van der Waals surface area contributed by atoms with Crippen molar-refractivity contribution >= 4 is 15.2 Å². The highest BCUT2D eigenvalue weighted by Crippen LogP contribution is 2.69. The van der Waals surface area contributed by atoms with Crippen molar-refractivity contribution in [3.8, 4) is 0 Å². The second-order valence-corrected chi connectivity index (χ2v) is 10.1.